The Morgan fingerprint density at radius 1 is 1.30 bits per heavy atom. The van der Waals surface area contributed by atoms with Crippen LogP contribution in [0.1, 0.15) is 29.4 Å². The van der Waals surface area contributed by atoms with E-state index in [1.807, 2.05) is 0 Å². The minimum atomic E-state index is -1.09. The van der Waals surface area contributed by atoms with Gasteiger partial charge in [-0.2, -0.15) is 0 Å². The Labute approximate surface area is 115 Å². The molecule has 2 saturated heterocycles. The van der Waals surface area contributed by atoms with Crippen LogP contribution in [0.4, 0.5) is 0 Å². The average molecular weight is 280 g/mol. The minimum absolute atomic E-state index is 0.0272. The third-order valence-electron chi connectivity index (χ3n) is 3.85. The summed E-state index contributed by atoms with van der Waals surface area (Å²) < 4.78 is 6.77. The first kappa shape index (κ1) is 13.0. The molecule has 0 atom stereocenters. The number of aromatic nitrogens is 3. The molecule has 0 radical (unpaired) electrons. The van der Waals surface area contributed by atoms with Crippen molar-refractivity contribution in [2.24, 2.45) is 5.92 Å². The van der Waals surface area contributed by atoms with Gasteiger partial charge in [-0.15, -0.1) is 5.10 Å². The van der Waals surface area contributed by atoms with Gasteiger partial charge < -0.3 is 14.7 Å². The van der Waals surface area contributed by atoms with E-state index >= 15 is 0 Å². The molecule has 0 bridgehead atoms. The number of carboxylic acids is 1. The van der Waals surface area contributed by atoms with Gasteiger partial charge in [0.15, 0.2) is 5.69 Å². The summed E-state index contributed by atoms with van der Waals surface area (Å²) in [6, 6.07) is 0.0272. The van der Waals surface area contributed by atoms with Crippen molar-refractivity contribution >= 4 is 11.9 Å². The van der Waals surface area contributed by atoms with Crippen molar-refractivity contribution in [2.45, 2.75) is 18.9 Å². The molecule has 2 aliphatic heterocycles. The second-order valence-corrected chi connectivity index (χ2v) is 5.17. The zero-order valence-electron chi connectivity index (χ0n) is 10.9. The largest absolute Gasteiger partial charge is 0.476 e. The lowest BCUT2D eigenvalue weighted by Gasteiger charge is -2.41. The van der Waals surface area contributed by atoms with Gasteiger partial charge >= 0.3 is 5.97 Å². The maximum atomic E-state index is 12.2. The predicted molar refractivity (Wildman–Crippen MR) is 66.1 cm³/mol. The number of hydrogen-bond acceptors (Lipinski definition) is 5. The predicted octanol–water partition coefficient (Wildman–Crippen LogP) is -0.214. The molecule has 3 rings (SSSR count). The van der Waals surface area contributed by atoms with Crippen LogP contribution < -0.4 is 0 Å². The number of hydrogen-bond donors (Lipinski definition) is 1. The van der Waals surface area contributed by atoms with Crippen LogP contribution in [0.2, 0.25) is 0 Å². The fourth-order valence-corrected chi connectivity index (χ4v) is 2.56. The lowest BCUT2D eigenvalue weighted by Crippen LogP contribution is -2.53. The molecule has 1 aromatic heterocycles. The second kappa shape index (κ2) is 5.20. The van der Waals surface area contributed by atoms with E-state index in [9.17, 15) is 9.59 Å². The van der Waals surface area contributed by atoms with Crippen molar-refractivity contribution in [1.29, 1.82) is 0 Å². The highest BCUT2D eigenvalue weighted by Gasteiger charge is 2.36. The normalized spacial score (nSPS) is 20.7. The van der Waals surface area contributed by atoms with Gasteiger partial charge in [0.2, 0.25) is 5.91 Å². The molecule has 108 valence electrons. The highest BCUT2D eigenvalue weighted by molar-refractivity contribution is 5.84. The van der Waals surface area contributed by atoms with E-state index < -0.39 is 5.97 Å². The second-order valence-electron chi connectivity index (χ2n) is 5.17. The van der Waals surface area contributed by atoms with E-state index in [0.717, 1.165) is 12.8 Å². The third-order valence-corrected chi connectivity index (χ3v) is 3.85. The number of nitrogens with zero attached hydrogens (tertiary/aromatic N) is 4. The molecule has 2 aliphatic rings. The van der Waals surface area contributed by atoms with Crippen molar-refractivity contribution in [3.05, 3.63) is 11.9 Å². The molecule has 20 heavy (non-hydrogen) atoms. The van der Waals surface area contributed by atoms with E-state index in [0.29, 0.717) is 26.3 Å². The van der Waals surface area contributed by atoms with E-state index in [1.54, 1.807) is 4.90 Å². The number of likely N-dealkylation sites (tertiary alicyclic amines) is 1. The summed E-state index contributed by atoms with van der Waals surface area (Å²) in [5, 5.41) is 16.2. The lowest BCUT2D eigenvalue weighted by molar-refractivity contribution is -0.144. The van der Waals surface area contributed by atoms with Crippen LogP contribution in [0.15, 0.2) is 6.20 Å². The van der Waals surface area contributed by atoms with E-state index in [2.05, 4.69) is 10.3 Å². The standard InChI is InChI=1S/C12H16N4O4/c17-11(8-1-3-20-4-2-8)15-5-9(6-15)16-7-10(12(18)19)13-14-16/h7-9H,1-6H2,(H,18,19). The van der Waals surface area contributed by atoms with E-state index in [4.69, 9.17) is 9.84 Å². The molecule has 2 fully saturated rings. The highest BCUT2D eigenvalue weighted by Crippen LogP contribution is 2.25. The molecule has 0 aromatic carbocycles. The molecule has 0 unspecified atom stereocenters. The molecular formula is C12H16N4O4. The Kier molecular flexibility index (Phi) is 3.39. The molecule has 0 saturated carbocycles. The van der Waals surface area contributed by atoms with Crippen molar-refractivity contribution in [1.82, 2.24) is 19.9 Å². The van der Waals surface area contributed by atoms with Crippen molar-refractivity contribution in [3.63, 3.8) is 0 Å². The van der Waals surface area contributed by atoms with Gasteiger partial charge in [0.05, 0.1) is 12.2 Å². The first-order valence-electron chi connectivity index (χ1n) is 6.67. The third kappa shape index (κ3) is 2.38. The van der Waals surface area contributed by atoms with E-state index in [1.165, 1.54) is 10.9 Å². The molecule has 0 aliphatic carbocycles. The summed E-state index contributed by atoms with van der Waals surface area (Å²) in [6.45, 7) is 2.44. The van der Waals surface area contributed by atoms with Crippen molar-refractivity contribution in [2.75, 3.05) is 26.3 Å². The number of carbonyl (C=O) groups excluding carboxylic acids is 1. The highest BCUT2D eigenvalue weighted by atomic mass is 16.5. The van der Waals surface area contributed by atoms with Crippen LogP contribution in [0, 0.1) is 5.92 Å². The van der Waals surface area contributed by atoms with Crippen LogP contribution in [-0.2, 0) is 9.53 Å². The number of carboxylic acid groups (broad SMARTS) is 1. The summed E-state index contributed by atoms with van der Waals surface area (Å²) in [5.74, 6) is -0.858. The first-order valence-corrected chi connectivity index (χ1v) is 6.67. The summed E-state index contributed by atoms with van der Waals surface area (Å²) in [6.07, 6.45) is 2.97. The smallest absolute Gasteiger partial charge is 0.358 e. The fourth-order valence-electron chi connectivity index (χ4n) is 2.56. The van der Waals surface area contributed by atoms with E-state index in [-0.39, 0.29) is 23.6 Å². The Morgan fingerprint density at radius 2 is 2.00 bits per heavy atom. The molecule has 1 aromatic rings. The van der Waals surface area contributed by atoms with Crippen LogP contribution in [0.25, 0.3) is 0 Å². The van der Waals surface area contributed by atoms with Crippen LogP contribution in [0.3, 0.4) is 0 Å². The maximum absolute atomic E-state index is 12.2. The van der Waals surface area contributed by atoms with Gasteiger partial charge in [-0.25, -0.2) is 9.48 Å². The average Bonchev–Trinajstić information content (AvgIpc) is 2.87. The SMILES string of the molecule is O=C(O)c1cn(C2CN(C(=O)C3CCOCC3)C2)nn1. The summed E-state index contributed by atoms with van der Waals surface area (Å²) >= 11 is 0. The maximum Gasteiger partial charge on any atom is 0.358 e. The molecule has 0 spiro atoms. The Balaban J connectivity index is 1.55. The number of ether oxygens (including phenoxy) is 1. The Bertz CT molecular complexity index is 517. The van der Waals surface area contributed by atoms with Crippen molar-refractivity contribution < 1.29 is 19.4 Å². The molecular weight excluding hydrogens is 264 g/mol. The lowest BCUT2D eigenvalue weighted by atomic mass is 9.96. The van der Waals surface area contributed by atoms with Gasteiger partial charge in [0.25, 0.3) is 0 Å². The van der Waals surface area contributed by atoms with Gasteiger partial charge in [-0.05, 0) is 12.8 Å². The summed E-state index contributed by atoms with van der Waals surface area (Å²) in [4.78, 5) is 24.7. The Morgan fingerprint density at radius 3 is 2.60 bits per heavy atom. The molecule has 3 heterocycles. The van der Waals surface area contributed by atoms with Gasteiger partial charge in [0.1, 0.15) is 0 Å². The van der Waals surface area contributed by atoms with Gasteiger partial charge in [0, 0.05) is 32.2 Å². The number of carbonyl (C=O) groups is 2. The Hall–Kier alpha value is -1.96. The zero-order valence-corrected chi connectivity index (χ0v) is 10.9. The summed E-state index contributed by atoms with van der Waals surface area (Å²) in [5.41, 5.74) is -0.0702. The fraction of sp³-hybridized carbons (Fsp3) is 0.667. The molecule has 8 nitrogen and oxygen atoms in total. The zero-order chi connectivity index (χ0) is 14.1. The quantitative estimate of drug-likeness (QED) is 0.822. The first-order chi connectivity index (χ1) is 9.65. The number of amides is 1. The van der Waals surface area contributed by atoms with Gasteiger partial charge in [-0.1, -0.05) is 5.21 Å². The van der Waals surface area contributed by atoms with Crippen LogP contribution in [0.5, 0.6) is 0 Å². The number of aromatic carboxylic acids is 1. The van der Waals surface area contributed by atoms with Crippen LogP contribution >= 0.6 is 0 Å². The number of rotatable bonds is 3. The van der Waals surface area contributed by atoms with Gasteiger partial charge in [-0.3, -0.25) is 4.79 Å². The monoisotopic (exact) mass is 280 g/mol. The topological polar surface area (TPSA) is 97.5 Å². The van der Waals surface area contributed by atoms with Crippen molar-refractivity contribution in [3.8, 4) is 0 Å². The molecule has 8 heteroatoms. The summed E-state index contributed by atoms with van der Waals surface area (Å²) in [7, 11) is 0. The molecule has 1 amide bonds. The molecule has 1 N–H and O–H groups in total. The van der Waals surface area contributed by atoms with Crippen LogP contribution in [-0.4, -0.2) is 63.2 Å². The minimum Gasteiger partial charge on any atom is -0.476 e.